The van der Waals surface area contributed by atoms with Gasteiger partial charge in [0.15, 0.2) is 0 Å². The quantitative estimate of drug-likeness (QED) is 0.801. The van der Waals surface area contributed by atoms with Gasteiger partial charge in [-0.05, 0) is 30.9 Å². The van der Waals surface area contributed by atoms with Gasteiger partial charge in [-0.15, -0.1) is 0 Å². The van der Waals surface area contributed by atoms with Crippen LogP contribution in [0.25, 0.3) is 0 Å². The van der Waals surface area contributed by atoms with Crippen molar-refractivity contribution in [2.24, 2.45) is 5.92 Å². The molecular weight excluding hydrogens is 352 g/mol. The summed E-state index contributed by atoms with van der Waals surface area (Å²) < 4.78 is 18.0. The second-order valence-electron chi connectivity index (χ2n) is 7.38. The Morgan fingerprint density at radius 3 is 2.62 bits per heavy atom. The fourth-order valence-electron chi connectivity index (χ4n) is 4.05. The first-order valence-corrected chi connectivity index (χ1v) is 10.5. The third-order valence-electron chi connectivity index (χ3n) is 5.78. The number of methoxy groups -OCH3 is 1. The summed E-state index contributed by atoms with van der Waals surface area (Å²) in [7, 11) is 0.374. The van der Waals surface area contributed by atoms with E-state index in [1.807, 2.05) is 17.0 Å². The van der Waals surface area contributed by atoms with Gasteiger partial charge >= 0.3 is 0 Å². The number of nitrogens with zero attached hydrogens (tertiary/aromatic N) is 2. The van der Waals surface area contributed by atoms with Crippen LogP contribution in [0.5, 0.6) is 5.75 Å². The van der Waals surface area contributed by atoms with Crippen LogP contribution < -0.4 is 4.74 Å². The summed E-state index contributed by atoms with van der Waals surface area (Å²) in [5.74, 6) is 1.21. The molecule has 140 valence electrons. The van der Waals surface area contributed by atoms with Gasteiger partial charge in [-0.25, -0.2) is 0 Å². The van der Waals surface area contributed by atoms with Crippen LogP contribution in [0.2, 0.25) is 0 Å². The largest absolute Gasteiger partial charge is 0.496 e. The van der Waals surface area contributed by atoms with E-state index in [0.717, 1.165) is 19.4 Å². The molecule has 1 unspecified atom stereocenters. The molecule has 4 rings (SSSR count). The topological polar surface area (TPSA) is 66.9 Å². The number of likely N-dealkylation sites (tertiary alicyclic amines) is 1. The van der Waals surface area contributed by atoms with Crippen molar-refractivity contribution < 1.29 is 18.5 Å². The highest BCUT2D eigenvalue weighted by molar-refractivity contribution is 7.87. The molecule has 2 heterocycles. The number of piperidine rings is 1. The smallest absolute Gasteiger partial charge is 0.257 e. The number of benzene rings is 1. The van der Waals surface area contributed by atoms with Crippen LogP contribution >= 0.6 is 0 Å². The summed E-state index contributed by atoms with van der Waals surface area (Å²) in [6.45, 7) is 1.75. The van der Waals surface area contributed by atoms with Crippen molar-refractivity contribution in [3.63, 3.8) is 0 Å². The first kappa shape index (κ1) is 17.5. The van der Waals surface area contributed by atoms with Gasteiger partial charge in [0.05, 0.1) is 23.5 Å². The number of rotatable bonds is 4. The van der Waals surface area contributed by atoms with Crippen LogP contribution in [-0.2, 0) is 15.6 Å². The lowest BCUT2D eigenvalue weighted by molar-refractivity contribution is -0.131. The molecule has 26 heavy (non-hydrogen) atoms. The number of para-hydroxylation sites is 1. The lowest BCUT2D eigenvalue weighted by Gasteiger charge is -2.43. The van der Waals surface area contributed by atoms with Crippen LogP contribution in [0.4, 0.5) is 0 Å². The number of carbonyl (C=O) groups is 2. The summed E-state index contributed by atoms with van der Waals surface area (Å²) >= 11 is 0. The van der Waals surface area contributed by atoms with Crippen molar-refractivity contribution in [3.8, 4) is 5.75 Å². The molecule has 6 nitrogen and oxygen atoms in total. The van der Waals surface area contributed by atoms with Crippen molar-refractivity contribution in [2.45, 2.75) is 30.6 Å². The third-order valence-corrected chi connectivity index (χ3v) is 7.76. The first-order chi connectivity index (χ1) is 12.5. The van der Waals surface area contributed by atoms with Gasteiger partial charge in [0.2, 0.25) is 5.91 Å². The molecule has 2 amide bonds. The standard InChI is InChI=1S/C19H24N2O4S/c1-25-16-5-3-2-4-15(16)18(23)20-10-8-19(9-11-20)21(12-14-6-7-14)17(22)13-26(19)24/h2-5,14H,6-13H2,1H3. The SMILES string of the molecule is COc1ccccc1C(=O)N1CCC2(CC1)N(CC1CC1)C(=O)CS2=O. The average molecular weight is 376 g/mol. The summed E-state index contributed by atoms with van der Waals surface area (Å²) in [4.78, 5) is 28.4. The zero-order chi connectivity index (χ0) is 18.3. The zero-order valence-corrected chi connectivity index (χ0v) is 15.8. The van der Waals surface area contributed by atoms with Crippen LogP contribution in [0.1, 0.15) is 36.0 Å². The zero-order valence-electron chi connectivity index (χ0n) is 15.0. The highest BCUT2D eigenvalue weighted by Gasteiger charge is 2.54. The highest BCUT2D eigenvalue weighted by Crippen LogP contribution is 2.41. The lowest BCUT2D eigenvalue weighted by atomic mass is 10.0. The summed E-state index contributed by atoms with van der Waals surface area (Å²) in [5.41, 5.74) is 0.546. The molecule has 3 aliphatic rings. The molecule has 3 fully saturated rings. The van der Waals surface area contributed by atoms with Crippen LogP contribution in [0, 0.1) is 5.92 Å². The van der Waals surface area contributed by atoms with Gasteiger partial charge in [-0.1, -0.05) is 12.1 Å². The minimum atomic E-state index is -1.18. The molecule has 1 atom stereocenters. The van der Waals surface area contributed by atoms with Gasteiger partial charge in [-0.2, -0.15) is 0 Å². The van der Waals surface area contributed by atoms with Gasteiger partial charge in [0.25, 0.3) is 5.91 Å². The summed E-state index contributed by atoms with van der Waals surface area (Å²) in [6.07, 6.45) is 3.48. The van der Waals surface area contributed by atoms with Crippen molar-refractivity contribution in [2.75, 3.05) is 32.5 Å². The van der Waals surface area contributed by atoms with Gasteiger partial charge in [-0.3, -0.25) is 13.8 Å². The normalized spacial score (nSPS) is 25.0. The fourth-order valence-corrected chi connectivity index (χ4v) is 5.76. The predicted octanol–water partition coefficient (Wildman–Crippen LogP) is 1.63. The van der Waals surface area contributed by atoms with Crippen LogP contribution in [0.15, 0.2) is 24.3 Å². The van der Waals surface area contributed by atoms with E-state index in [9.17, 15) is 13.8 Å². The molecule has 7 heteroatoms. The van der Waals surface area contributed by atoms with Gasteiger partial charge < -0.3 is 14.5 Å². The van der Waals surface area contributed by atoms with Crippen molar-refractivity contribution >= 4 is 22.6 Å². The first-order valence-electron chi connectivity index (χ1n) is 9.16. The maximum Gasteiger partial charge on any atom is 0.257 e. The Labute approximate surface area is 155 Å². The average Bonchev–Trinajstić information content (AvgIpc) is 3.46. The van der Waals surface area contributed by atoms with Crippen LogP contribution in [0.3, 0.4) is 0 Å². The van der Waals surface area contributed by atoms with E-state index in [4.69, 9.17) is 4.74 Å². The Morgan fingerprint density at radius 1 is 1.27 bits per heavy atom. The molecular formula is C19H24N2O4S. The van der Waals surface area contributed by atoms with Crippen LogP contribution in [-0.4, -0.2) is 63.2 Å². The summed E-state index contributed by atoms with van der Waals surface area (Å²) in [5, 5.41) is 0. The molecule has 0 radical (unpaired) electrons. The maximum absolute atomic E-state index is 12.9. The number of hydrogen-bond donors (Lipinski definition) is 0. The molecule has 1 aromatic rings. The fraction of sp³-hybridized carbons (Fsp3) is 0.579. The van der Waals surface area contributed by atoms with Gasteiger partial charge in [0, 0.05) is 32.5 Å². The van der Waals surface area contributed by atoms with Crippen molar-refractivity contribution in [3.05, 3.63) is 29.8 Å². The van der Waals surface area contributed by atoms with E-state index >= 15 is 0 Å². The molecule has 0 bridgehead atoms. The third kappa shape index (κ3) is 2.92. The number of hydrogen-bond acceptors (Lipinski definition) is 4. The number of amides is 2. The molecule has 1 aromatic carbocycles. The van der Waals surface area contributed by atoms with Crippen molar-refractivity contribution in [1.82, 2.24) is 9.80 Å². The number of carbonyl (C=O) groups excluding carboxylic acids is 2. The highest BCUT2D eigenvalue weighted by atomic mass is 32.2. The number of ether oxygens (including phenoxy) is 1. The second kappa shape index (κ2) is 6.68. The molecule has 2 saturated heterocycles. The van der Waals surface area contributed by atoms with E-state index in [-0.39, 0.29) is 17.6 Å². The Bertz CT molecular complexity index is 754. The Balaban J connectivity index is 1.50. The maximum atomic E-state index is 12.9. The Morgan fingerprint density at radius 2 is 1.96 bits per heavy atom. The molecule has 0 N–H and O–H groups in total. The Hall–Kier alpha value is -1.89. The predicted molar refractivity (Wildman–Crippen MR) is 98.3 cm³/mol. The summed E-state index contributed by atoms with van der Waals surface area (Å²) in [6, 6.07) is 7.20. The van der Waals surface area contributed by atoms with Gasteiger partial charge in [0.1, 0.15) is 16.4 Å². The lowest BCUT2D eigenvalue weighted by Crippen LogP contribution is -2.56. The van der Waals surface area contributed by atoms with E-state index in [2.05, 4.69) is 0 Å². The second-order valence-corrected chi connectivity index (χ2v) is 9.12. The van der Waals surface area contributed by atoms with E-state index in [0.29, 0.717) is 43.2 Å². The minimum Gasteiger partial charge on any atom is -0.496 e. The van der Waals surface area contributed by atoms with E-state index in [1.54, 1.807) is 24.1 Å². The molecule has 0 aromatic heterocycles. The van der Waals surface area contributed by atoms with E-state index < -0.39 is 15.7 Å². The molecule has 1 spiro atoms. The molecule has 2 aliphatic heterocycles. The monoisotopic (exact) mass is 376 g/mol. The minimum absolute atomic E-state index is 0.0136. The Kier molecular flexibility index (Phi) is 4.50. The van der Waals surface area contributed by atoms with E-state index in [1.165, 1.54) is 0 Å². The van der Waals surface area contributed by atoms with Crippen molar-refractivity contribution in [1.29, 1.82) is 0 Å². The molecule has 1 aliphatic carbocycles. The molecule has 1 saturated carbocycles.